The van der Waals surface area contributed by atoms with Crippen LogP contribution in [0.5, 0.6) is 0 Å². The molecule has 16 heavy (non-hydrogen) atoms. The first-order valence-electron chi connectivity index (χ1n) is 4.67. The Morgan fingerprint density at radius 1 is 1.38 bits per heavy atom. The fourth-order valence-corrected chi connectivity index (χ4v) is 2.22. The predicted octanol–water partition coefficient (Wildman–Crippen LogP) is 1.47. The van der Waals surface area contributed by atoms with E-state index in [2.05, 4.69) is 4.99 Å². The van der Waals surface area contributed by atoms with Gasteiger partial charge < -0.3 is 5.11 Å². The number of carboxylic acids is 1. The molecule has 1 aromatic rings. The molecule has 1 amide bonds. The molecule has 0 aliphatic carbocycles. The number of hydrogen-bond donors (Lipinski definition) is 1. The summed E-state index contributed by atoms with van der Waals surface area (Å²) in [6.45, 7) is 1.96. The second kappa shape index (κ2) is 4.09. The van der Waals surface area contributed by atoms with Crippen LogP contribution in [0.2, 0.25) is 0 Å². The van der Waals surface area contributed by atoms with Crippen molar-refractivity contribution in [3.8, 4) is 0 Å². The average molecular weight is 235 g/mol. The fourth-order valence-electron chi connectivity index (χ4n) is 1.33. The Bertz CT molecular complexity index is 479. The van der Waals surface area contributed by atoms with Gasteiger partial charge in [-0.05, 0) is 6.92 Å². The van der Waals surface area contributed by atoms with Crippen LogP contribution in [-0.4, -0.2) is 27.3 Å². The molecule has 0 radical (unpaired) electrons. The van der Waals surface area contributed by atoms with E-state index >= 15 is 0 Å². The molecular formula is C11H9NO3S. The SMILES string of the molecule is Cc1ccc(C2=NC(=O)C(C(=O)O)S2)cc1. The Hall–Kier alpha value is -1.62. The molecule has 0 saturated carbocycles. The number of carbonyl (C=O) groups excluding carboxylic acids is 1. The molecule has 1 heterocycles. The Morgan fingerprint density at radius 2 is 2.00 bits per heavy atom. The number of benzene rings is 1. The van der Waals surface area contributed by atoms with Crippen molar-refractivity contribution in [2.24, 2.45) is 4.99 Å². The molecule has 2 rings (SSSR count). The number of aryl methyl sites for hydroxylation is 1. The third kappa shape index (κ3) is 1.99. The minimum absolute atomic E-state index is 0.484. The van der Waals surface area contributed by atoms with Crippen LogP contribution >= 0.6 is 11.8 Å². The van der Waals surface area contributed by atoms with Gasteiger partial charge in [0.1, 0.15) is 5.04 Å². The molecule has 0 spiro atoms. The topological polar surface area (TPSA) is 66.7 Å². The first kappa shape index (κ1) is 10.9. The van der Waals surface area contributed by atoms with Gasteiger partial charge in [0.25, 0.3) is 5.91 Å². The van der Waals surface area contributed by atoms with E-state index in [-0.39, 0.29) is 0 Å². The first-order valence-corrected chi connectivity index (χ1v) is 5.55. The van der Waals surface area contributed by atoms with Crippen LogP contribution in [0.4, 0.5) is 0 Å². The molecule has 5 heteroatoms. The number of hydrogen-bond acceptors (Lipinski definition) is 3. The van der Waals surface area contributed by atoms with Crippen molar-refractivity contribution in [3.63, 3.8) is 0 Å². The van der Waals surface area contributed by atoms with Gasteiger partial charge in [-0.15, -0.1) is 0 Å². The second-order valence-corrected chi connectivity index (χ2v) is 4.55. The lowest BCUT2D eigenvalue weighted by Gasteiger charge is -2.01. The zero-order valence-corrected chi connectivity index (χ0v) is 9.32. The standard InChI is InChI=1S/C11H9NO3S/c1-6-2-4-7(5-3-6)10-12-9(13)8(16-10)11(14)15/h2-5,8H,1H3,(H,14,15). The van der Waals surface area contributed by atoms with Crippen LogP contribution in [0.15, 0.2) is 29.3 Å². The molecule has 1 aliphatic heterocycles. The van der Waals surface area contributed by atoms with Crippen molar-refractivity contribution >= 4 is 28.7 Å². The van der Waals surface area contributed by atoms with Crippen LogP contribution in [0.1, 0.15) is 11.1 Å². The quantitative estimate of drug-likeness (QED) is 0.788. The predicted molar refractivity (Wildman–Crippen MR) is 61.7 cm³/mol. The lowest BCUT2D eigenvalue weighted by Crippen LogP contribution is -2.21. The van der Waals surface area contributed by atoms with E-state index in [0.29, 0.717) is 5.04 Å². The summed E-state index contributed by atoms with van der Waals surface area (Å²) >= 11 is 0.987. The van der Waals surface area contributed by atoms with Crippen LogP contribution in [0, 0.1) is 6.92 Å². The summed E-state index contributed by atoms with van der Waals surface area (Å²) in [5.74, 6) is -1.73. The normalized spacial score (nSPS) is 19.7. The Kier molecular flexibility index (Phi) is 2.78. The minimum atomic E-state index is -1.14. The number of carbonyl (C=O) groups is 2. The van der Waals surface area contributed by atoms with E-state index in [4.69, 9.17) is 5.11 Å². The Labute approximate surface area is 96.4 Å². The summed E-state index contributed by atoms with van der Waals surface area (Å²) < 4.78 is 0. The van der Waals surface area contributed by atoms with Crippen molar-refractivity contribution in [1.29, 1.82) is 0 Å². The minimum Gasteiger partial charge on any atom is -0.480 e. The van der Waals surface area contributed by atoms with Gasteiger partial charge in [0.15, 0.2) is 5.25 Å². The monoisotopic (exact) mass is 235 g/mol. The van der Waals surface area contributed by atoms with Crippen LogP contribution in [0.25, 0.3) is 0 Å². The number of nitrogens with zero attached hydrogens (tertiary/aromatic N) is 1. The van der Waals surface area contributed by atoms with Crippen LogP contribution in [0.3, 0.4) is 0 Å². The maximum Gasteiger partial charge on any atom is 0.326 e. The molecule has 4 nitrogen and oxygen atoms in total. The molecule has 0 saturated heterocycles. The summed E-state index contributed by atoms with van der Waals surface area (Å²) in [5, 5.41) is 8.17. The summed E-state index contributed by atoms with van der Waals surface area (Å²) in [6.07, 6.45) is 0. The molecule has 0 fully saturated rings. The Balaban J connectivity index is 2.25. The highest BCUT2D eigenvalue weighted by Gasteiger charge is 2.34. The van der Waals surface area contributed by atoms with Gasteiger partial charge >= 0.3 is 5.97 Å². The van der Waals surface area contributed by atoms with E-state index in [1.54, 1.807) is 0 Å². The van der Waals surface area contributed by atoms with E-state index in [0.717, 1.165) is 22.9 Å². The lowest BCUT2D eigenvalue weighted by molar-refractivity contribution is -0.139. The maximum absolute atomic E-state index is 11.3. The van der Waals surface area contributed by atoms with E-state index < -0.39 is 17.1 Å². The number of rotatable bonds is 2. The molecule has 1 aromatic carbocycles. The van der Waals surface area contributed by atoms with Gasteiger partial charge in [-0.1, -0.05) is 41.6 Å². The smallest absolute Gasteiger partial charge is 0.326 e. The Morgan fingerprint density at radius 3 is 2.50 bits per heavy atom. The van der Waals surface area contributed by atoms with E-state index in [1.807, 2.05) is 31.2 Å². The third-order valence-corrected chi connectivity index (χ3v) is 3.38. The number of aliphatic imine (C=N–C) groups is 1. The summed E-state index contributed by atoms with van der Waals surface area (Å²) in [7, 11) is 0. The molecule has 1 aliphatic rings. The highest BCUT2D eigenvalue weighted by Crippen LogP contribution is 2.27. The van der Waals surface area contributed by atoms with Crippen molar-refractivity contribution in [1.82, 2.24) is 0 Å². The molecule has 1 atom stereocenters. The first-order chi connectivity index (χ1) is 7.58. The third-order valence-electron chi connectivity index (χ3n) is 2.19. The molecular weight excluding hydrogens is 226 g/mol. The summed E-state index contributed by atoms with van der Waals surface area (Å²) in [5.41, 5.74) is 1.89. The van der Waals surface area contributed by atoms with Crippen molar-refractivity contribution in [2.75, 3.05) is 0 Å². The number of thioether (sulfide) groups is 1. The van der Waals surface area contributed by atoms with Crippen molar-refractivity contribution < 1.29 is 14.7 Å². The molecule has 1 N–H and O–H groups in total. The number of carboxylic acid groups (broad SMARTS) is 1. The molecule has 1 unspecified atom stereocenters. The fraction of sp³-hybridized carbons (Fsp3) is 0.182. The lowest BCUT2D eigenvalue weighted by atomic mass is 10.2. The van der Waals surface area contributed by atoms with Gasteiger partial charge in [0.2, 0.25) is 0 Å². The number of amides is 1. The van der Waals surface area contributed by atoms with Gasteiger partial charge in [-0.25, -0.2) is 4.99 Å². The van der Waals surface area contributed by atoms with Crippen LogP contribution < -0.4 is 0 Å². The summed E-state index contributed by atoms with van der Waals surface area (Å²) in [4.78, 5) is 25.8. The van der Waals surface area contributed by atoms with Gasteiger partial charge in [0.05, 0.1) is 0 Å². The highest BCUT2D eigenvalue weighted by molar-refractivity contribution is 8.16. The maximum atomic E-state index is 11.3. The van der Waals surface area contributed by atoms with Gasteiger partial charge in [0, 0.05) is 5.56 Å². The van der Waals surface area contributed by atoms with Gasteiger partial charge in [-0.2, -0.15) is 0 Å². The zero-order valence-electron chi connectivity index (χ0n) is 8.51. The highest BCUT2D eigenvalue weighted by atomic mass is 32.2. The van der Waals surface area contributed by atoms with Crippen molar-refractivity contribution in [3.05, 3.63) is 35.4 Å². The zero-order chi connectivity index (χ0) is 11.7. The number of aliphatic carboxylic acids is 1. The van der Waals surface area contributed by atoms with Crippen molar-refractivity contribution in [2.45, 2.75) is 12.2 Å². The summed E-state index contributed by atoms with van der Waals surface area (Å²) in [6, 6.07) is 7.46. The average Bonchev–Trinajstić information content (AvgIpc) is 2.61. The molecule has 0 bridgehead atoms. The molecule has 0 aromatic heterocycles. The van der Waals surface area contributed by atoms with E-state index in [1.165, 1.54) is 0 Å². The second-order valence-electron chi connectivity index (χ2n) is 3.46. The van der Waals surface area contributed by atoms with E-state index in [9.17, 15) is 9.59 Å². The molecule has 82 valence electrons. The largest absolute Gasteiger partial charge is 0.480 e. The van der Waals surface area contributed by atoms with Crippen LogP contribution in [-0.2, 0) is 9.59 Å². The van der Waals surface area contributed by atoms with Gasteiger partial charge in [-0.3, -0.25) is 9.59 Å².